The largest absolute Gasteiger partial charge is 0.481 e. The Labute approximate surface area is 404 Å². The molecule has 0 saturated carbocycles. The van der Waals surface area contributed by atoms with Gasteiger partial charge in [0, 0.05) is 58.4 Å². The molecule has 18 nitrogen and oxygen atoms in total. The quantitative estimate of drug-likeness (QED) is 0.0354. The van der Waals surface area contributed by atoms with E-state index in [0.717, 1.165) is 38.7 Å². The fourth-order valence-electron chi connectivity index (χ4n) is 5.74. The van der Waals surface area contributed by atoms with Crippen LogP contribution in [0.5, 0.6) is 0 Å². The number of carbonyl (C=O) groups is 7. The zero-order valence-corrected chi connectivity index (χ0v) is 42.5. The Morgan fingerprint density at radius 2 is 1.03 bits per heavy atom. The van der Waals surface area contributed by atoms with E-state index in [1.807, 2.05) is 13.8 Å². The molecule has 396 valence electrons. The topological polar surface area (TPSA) is 299 Å². The Morgan fingerprint density at radius 1 is 0.552 bits per heavy atom. The average molecular weight is 964 g/mol. The maximum atomic E-state index is 11.4. The first kappa shape index (κ1) is 70.0. The number of Topliss-reactive ketones (excluding diaryl/α,β-unsaturated/α-hetero) is 2. The van der Waals surface area contributed by atoms with E-state index in [0.29, 0.717) is 71.7 Å². The Balaban J connectivity index is -0.000000414. The van der Waals surface area contributed by atoms with Crippen LogP contribution in [0, 0.1) is 5.92 Å². The number of nitrogens with two attached hydrogens (primary N) is 3. The first-order valence-electron chi connectivity index (χ1n) is 25.0. The van der Waals surface area contributed by atoms with Crippen molar-refractivity contribution in [3.8, 4) is 0 Å². The molecule has 0 aromatic carbocycles. The van der Waals surface area contributed by atoms with Gasteiger partial charge in [-0.3, -0.25) is 33.6 Å². The zero-order chi connectivity index (χ0) is 51.2. The number of aliphatic hydroxyl groups excluding tert-OH is 1. The third-order valence-electron chi connectivity index (χ3n) is 10.1. The molecule has 0 heterocycles. The number of aliphatic hydroxyl groups is 1. The van der Waals surface area contributed by atoms with Gasteiger partial charge in [-0.1, -0.05) is 117 Å². The van der Waals surface area contributed by atoms with Crippen molar-refractivity contribution in [1.82, 2.24) is 10.6 Å². The molecule has 0 saturated heterocycles. The molecule has 0 aromatic rings. The second kappa shape index (κ2) is 56.8. The molecule has 0 rings (SSSR count). The van der Waals surface area contributed by atoms with Crippen molar-refractivity contribution < 1.29 is 62.7 Å². The average Bonchev–Trinajstić information content (AvgIpc) is 3.29. The van der Waals surface area contributed by atoms with E-state index in [9.17, 15) is 33.6 Å². The van der Waals surface area contributed by atoms with Crippen LogP contribution in [0.1, 0.15) is 188 Å². The normalized spacial score (nSPS) is 11.3. The van der Waals surface area contributed by atoms with Crippen LogP contribution in [0.4, 0.5) is 0 Å². The number of hydrogen-bond donors (Lipinski definition) is 7. The van der Waals surface area contributed by atoms with Crippen LogP contribution in [0.2, 0.25) is 0 Å². The number of carboxylic acid groups (broad SMARTS) is 1. The van der Waals surface area contributed by atoms with Crippen LogP contribution in [0.3, 0.4) is 0 Å². The molecule has 0 unspecified atom stereocenters. The number of likely N-dealkylation sites (N-methyl/N-ethyl adjacent to an activating group) is 1. The van der Waals surface area contributed by atoms with Gasteiger partial charge >= 0.3 is 5.97 Å². The summed E-state index contributed by atoms with van der Waals surface area (Å²) < 4.78 is 20.7. The fraction of sp³-hybridized carbons (Fsp3) is 0.857. The maximum Gasteiger partial charge on any atom is 0.303 e. The number of carboxylic acids is 1. The van der Waals surface area contributed by atoms with E-state index in [2.05, 4.69) is 23.3 Å². The van der Waals surface area contributed by atoms with Crippen LogP contribution in [0.25, 0.3) is 0 Å². The highest BCUT2D eigenvalue weighted by Gasteiger charge is 2.08. The van der Waals surface area contributed by atoms with Gasteiger partial charge in [-0.05, 0) is 45.4 Å². The van der Waals surface area contributed by atoms with Gasteiger partial charge < -0.3 is 57.0 Å². The molecule has 0 aliphatic rings. The van der Waals surface area contributed by atoms with E-state index in [1.165, 1.54) is 96.9 Å². The molecule has 0 aromatic heterocycles. The summed E-state index contributed by atoms with van der Waals surface area (Å²) >= 11 is 0. The van der Waals surface area contributed by atoms with E-state index >= 15 is 0 Å². The second-order valence-corrected chi connectivity index (χ2v) is 16.6. The highest BCUT2D eigenvalue weighted by atomic mass is 16.5. The van der Waals surface area contributed by atoms with Gasteiger partial charge in [0.15, 0.2) is 0 Å². The number of primary amides is 2. The molecule has 0 radical (unpaired) electrons. The number of ketones is 2. The first-order valence-corrected chi connectivity index (χ1v) is 25.0. The van der Waals surface area contributed by atoms with Crippen molar-refractivity contribution in [1.29, 1.82) is 0 Å². The van der Waals surface area contributed by atoms with Gasteiger partial charge in [0.2, 0.25) is 23.6 Å². The number of unbranched alkanes of at least 4 members (excludes halogenated alkanes) is 15. The molecule has 67 heavy (non-hydrogen) atoms. The minimum Gasteiger partial charge on any atom is -0.481 e. The van der Waals surface area contributed by atoms with Crippen LogP contribution in [-0.2, 0) is 52.5 Å². The molecule has 4 amide bonds. The SMILES string of the molecule is CCCCCCCCCCCCCCCCCC(N)=O.CCCOCCOCC(=O)NCCCC[C@H](C)C(C)=O.CNC(=O)COCCOCCCC(=O)CCCC(=O)O.NC(=O)[C@@H](N)CO. The molecule has 0 aliphatic carbocycles. The van der Waals surface area contributed by atoms with Crippen LogP contribution in [-0.4, -0.2) is 130 Å². The summed E-state index contributed by atoms with van der Waals surface area (Å²) in [6.07, 6.45) is 26.3. The Bertz CT molecular complexity index is 1200. The third-order valence-corrected chi connectivity index (χ3v) is 10.1. The molecule has 0 spiro atoms. The molecule has 2 atom stereocenters. The highest BCUT2D eigenvalue weighted by Crippen LogP contribution is 2.14. The number of rotatable bonds is 44. The lowest BCUT2D eigenvalue weighted by Gasteiger charge is -2.08. The first-order chi connectivity index (χ1) is 32.1. The van der Waals surface area contributed by atoms with Gasteiger partial charge in [-0.2, -0.15) is 0 Å². The van der Waals surface area contributed by atoms with Crippen molar-refractivity contribution in [2.24, 2.45) is 23.1 Å². The molecular weight excluding hydrogens is 867 g/mol. The number of aliphatic carboxylic acids is 1. The lowest BCUT2D eigenvalue weighted by molar-refractivity contribution is -0.137. The van der Waals surface area contributed by atoms with E-state index in [1.54, 1.807) is 6.92 Å². The summed E-state index contributed by atoms with van der Waals surface area (Å²) in [5.74, 6) is -1.58. The standard InChI is InChI=1S/C18H37NO.C15H29NO4.C13H23NO6.C3H8N2O2/c1-2-3-4-5-6-7-8-9-10-11-12-13-14-15-16-17-18(19)20;1-4-9-19-10-11-20-12-15(18)16-8-6-5-7-13(2)14(3)17;1-14-12(16)10-20-9-8-19-7-3-5-11(15)4-2-6-13(17)18;4-2(1-6)3(5)7/h2-17H2,1H3,(H2,19,20);13H,4-12H2,1-3H3,(H,16,18);2-10H2,1H3,(H,14,16)(H,17,18);2,6H,1,4H2,(H2,5,7)/t;13-;;2-/m.0.0/s1. The number of hydrogen-bond acceptors (Lipinski definition) is 13. The van der Waals surface area contributed by atoms with Crippen LogP contribution >= 0.6 is 0 Å². The summed E-state index contributed by atoms with van der Waals surface area (Å²) in [5.41, 5.74) is 14.6. The molecule has 0 fully saturated rings. The molecule has 0 aliphatic heterocycles. The van der Waals surface area contributed by atoms with Crippen molar-refractivity contribution in [3.05, 3.63) is 0 Å². The maximum absolute atomic E-state index is 11.4. The lowest BCUT2D eigenvalue weighted by Crippen LogP contribution is -2.39. The van der Waals surface area contributed by atoms with Gasteiger partial charge in [0.25, 0.3) is 0 Å². The van der Waals surface area contributed by atoms with Gasteiger partial charge in [0.05, 0.1) is 33.0 Å². The Morgan fingerprint density at radius 3 is 1.46 bits per heavy atom. The Hall–Kier alpha value is -3.55. The van der Waals surface area contributed by atoms with Gasteiger partial charge in [-0.25, -0.2) is 0 Å². The predicted molar refractivity (Wildman–Crippen MR) is 263 cm³/mol. The van der Waals surface area contributed by atoms with Gasteiger partial charge in [0.1, 0.15) is 30.8 Å². The number of carbonyl (C=O) groups excluding carboxylic acids is 6. The summed E-state index contributed by atoms with van der Waals surface area (Å²) in [6, 6.07) is -0.903. The van der Waals surface area contributed by atoms with E-state index < -0.39 is 17.9 Å². The predicted octanol–water partition coefficient (Wildman–Crippen LogP) is 5.84. The van der Waals surface area contributed by atoms with Gasteiger partial charge in [-0.15, -0.1) is 0 Å². The van der Waals surface area contributed by atoms with Crippen LogP contribution < -0.4 is 27.8 Å². The molecule has 18 heteroatoms. The summed E-state index contributed by atoms with van der Waals surface area (Å²) in [6.45, 7) is 11.1. The fourth-order valence-corrected chi connectivity index (χ4v) is 5.74. The minimum absolute atomic E-state index is 0.0158. The number of ether oxygens (including phenoxy) is 4. The molecule has 10 N–H and O–H groups in total. The summed E-state index contributed by atoms with van der Waals surface area (Å²) in [4.78, 5) is 75.3. The lowest BCUT2D eigenvalue weighted by atomic mass is 10.0. The molecular formula is C49H97N5O13. The van der Waals surface area contributed by atoms with Crippen molar-refractivity contribution >= 4 is 41.2 Å². The van der Waals surface area contributed by atoms with E-state index in [4.69, 9.17) is 40.6 Å². The number of nitrogens with one attached hydrogen (secondary N) is 2. The van der Waals surface area contributed by atoms with Crippen molar-refractivity contribution in [2.45, 2.75) is 194 Å². The number of amides is 4. The second-order valence-electron chi connectivity index (χ2n) is 16.6. The highest BCUT2D eigenvalue weighted by molar-refractivity contribution is 5.80. The smallest absolute Gasteiger partial charge is 0.303 e. The molecule has 0 bridgehead atoms. The van der Waals surface area contributed by atoms with Crippen molar-refractivity contribution in [2.75, 3.05) is 73.1 Å². The monoisotopic (exact) mass is 964 g/mol. The third kappa shape index (κ3) is 66.8. The minimum atomic E-state index is -0.903. The van der Waals surface area contributed by atoms with Crippen LogP contribution in [0.15, 0.2) is 0 Å². The van der Waals surface area contributed by atoms with E-state index in [-0.39, 0.29) is 61.4 Å². The Kier molecular flexibility index (Phi) is 59.3. The summed E-state index contributed by atoms with van der Waals surface area (Å²) in [7, 11) is 1.54. The zero-order valence-electron chi connectivity index (χ0n) is 42.5. The van der Waals surface area contributed by atoms with Crippen molar-refractivity contribution in [3.63, 3.8) is 0 Å². The summed E-state index contributed by atoms with van der Waals surface area (Å²) in [5, 5.41) is 21.7.